The lowest BCUT2D eigenvalue weighted by Crippen LogP contribution is -2.18. The third-order valence-corrected chi connectivity index (χ3v) is 3.26. The van der Waals surface area contributed by atoms with Crippen LogP contribution in [0, 0.1) is 0 Å². The van der Waals surface area contributed by atoms with E-state index in [-0.39, 0.29) is 6.04 Å². The molecule has 2 rings (SSSR count). The zero-order chi connectivity index (χ0) is 12.3. The number of halogens is 2. The van der Waals surface area contributed by atoms with Gasteiger partial charge < -0.3 is 9.84 Å². The van der Waals surface area contributed by atoms with Crippen molar-refractivity contribution in [3.63, 3.8) is 0 Å². The molecule has 1 heterocycles. The van der Waals surface area contributed by atoms with Gasteiger partial charge in [0, 0.05) is 18.7 Å². The normalized spacial score (nSPS) is 12.6. The third-order valence-electron chi connectivity index (χ3n) is 2.52. The Morgan fingerprint density at radius 1 is 1.29 bits per heavy atom. The highest BCUT2D eigenvalue weighted by molar-refractivity contribution is 6.42. The molecule has 1 aromatic carbocycles. The molecule has 90 valence electrons. The Balaban J connectivity index is 1.99. The first-order valence-electron chi connectivity index (χ1n) is 5.24. The molecule has 5 heteroatoms. The van der Waals surface area contributed by atoms with Crippen LogP contribution in [-0.2, 0) is 6.54 Å². The van der Waals surface area contributed by atoms with Crippen molar-refractivity contribution in [1.29, 1.82) is 0 Å². The summed E-state index contributed by atoms with van der Waals surface area (Å²) < 4.78 is 4.76. The first-order valence-corrected chi connectivity index (χ1v) is 6.00. The van der Waals surface area contributed by atoms with Crippen LogP contribution in [0.1, 0.15) is 24.2 Å². The second-order valence-corrected chi connectivity index (χ2v) is 4.58. The van der Waals surface area contributed by atoms with Gasteiger partial charge in [0.05, 0.1) is 15.7 Å². The van der Waals surface area contributed by atoms with E-state index in [4.69, 9.17) is 27.7 Å². The summed E-state index contributed by atoms with van der Waals surface area (Å²) in [5.41, 5.74) is 1.96. The largest absolute Gasteiger partial charge is 0.364 e. The van der Waals surface area contributed by atoms with E-state index >= 15 is 0 Å². The number of benzene rings is 1. The molecule has 0 aliphatic rings. The molecule has 0 bridgehead atoms. The maximum Gasteiger partial charge on any atom is 0.124 e. The van der Waals surface area contributed by atoms with Crippen LogP contribution in [0.15, 0.2) is 35.1 Å². The summed E-state index contributed by atoms with van der Waals surface area (Å²) in [6, 6.07) is 7.61. The minimum Gasteiger partial charge on any atom is -0.364 e. The molecule has 0 aliphatic carbocycles. The van der Waals surface area contributed by atoms with Crippen LogP contribution in [0.2, 0.25) is 10.0 Å². The summed E-state index contributed by atoms with van der Waals surface area (Å²) in [6.07, 6.45) is 1.56. The minimum absolute atomic E-state index is 0.168. The van der Waals surface area contributed by atoms with Gasteiger partial charge in [0.2, 0.25) is 0 Å². The molecule has 0 spiro atoms. The molecule has 17 heavy (non-hydrogen) atoms. The Bertz CT molecular complexity index is 485. The van der Waals surface area contributed by atoms with Crippen molar-refractivity contribution >= 4 is 23.2 Å². The predicted molar refractivity (Wildman–Crippen MR) is 68.2 cm³/mol. The van der Waals surface area contributed by atoms with Crippen LogP contribution in [0.5, 0.6) is 0 Å². The minimum atomic E-state index is 0.168. The van der Waals surface area contributed by atoms with Gasteiger partial charge in [-0.25, -0.2) is 0 Å². The molecule has 2 aromatic rings. The topological polar surface area (TPSA) is 38.1 Å². The fourth-order valence-corrected chi connectivity index (χ4v) is 1.79. The van der Waals surface area contributed by atoms with Crippen molar-refractivity contribution in [3.8, 4) is 0 Å². The van der Waals surface area contributed by atoms with E-state index in [0.717, 1.165) is 11.3 Å². The Labute approximate surface area is 110 Å². The number of nitrogens with one attached hydrogen (secondary N) is 1. The first kappa shape index (κ1) is 12.4. The maximum atomic E-state index is 5.97. The van der Waals surface area contributed by atoms with Gasteiger partial charge >= 0.3 is 0 Å². The zero-order valence-electron chi connectivity index (χ0n) is 9.28. The van der Waals surface area contributed by atoms with Gasteiger partial charge in [-0.3, -0.25) is 0 Å². The van der Waals surface area contributed by atoms with Crippen LogP contribution in [-0.4, -0.2) is 5.16 Å². The summed E-state index contributed by atoms with van der Waals surface area (Å²) in [6.45, 7) is 2.71. The van der Waals surface area contributed by atoms with Crippen molar-refractivity contribution in [2.75, 3.05) is 0 Å². The van der Waals surface area contributed by atoms with Crippen LogP contribution >= 0.6 is 23.2 Å². The number of hydrogen-bond acceptors (Lipinski definition) is 3. The molecule has 0 aliphatic heterocycles. The molecule has 3 nitrogen and oxygen atoms in total. The lowest BCUT2D eigenvalue weighted by molar-refractivity contribution is 0.406. The molecule has 1 N–H and O–H groups in total. The standard InChI is InChI=1S/C12H12Cl2N2O/c1-8(15-7-10-4-5-17-16-10)9-2-3-11(13)12(14)6-9/h2-6,8,15H,7H2,1H3. The van der Waals surface area contributed by atoms with Gasteiger partial charge in [0.25, 0.3) is 0 Å². The summed E-state index contributed by atoms with van der Waals surface area (Å²) in [5.74, 6) is 0. The molecular formula is C12H12Cl2N2O. The second-order valence-electron chi connectivity index (χ2n) is 3.77. The summed E-state index contributed by atoms with van der Waals surface area (Å²) in [5, 5.41) is 8.29. The summed E-state index contributed by atoms with van der Waals surface area (Å²) in [4.78, 5) is 0. The van der Waals surface area contributed by atoms with Gasteiger partial charge in [0.1, 0.15) is 6.26 Å². The highest BCUT2D eigenvalue weighted by Crippen LogP contribution is 2.25. The van der Waals surface area contributed by atoms with Gasteiger partial charge in [-0.2, -0.15) is 0 Å². The third kappa shape index (κ3) is 3.22. The van der Waals surface area contributed by atoms with Crippen molar-refractivity contribution in [3.05, 3.63) is 51.8 Å². The fraction of sp³-hybridized carbons (Fsp3) is 0.250. The Morgan fingerprint density at radius 2 is 2.12 bits per heavy atom. The van der Waals surface area contributed by atoms with Gasteiger partial charge in [-0.05, 0) is 24.6 Å². The molecule has 1 aromatic heterocycles. The van der Waals surface area contributed by atoms with E-state index in [1.807, 2.05) is 18.2 Å². The van der Waals surface area contributed by atoms with E-state index < -0.39 is 0 Å². The van der Waals surface area contributed by atoms with E-state index in [0.29, 0.717) is 16.6 Å². The molecule has 0 saturated carbocycles. The van der Waals surface area contributed by atoms with E-state index in [2.05, 4.69) is 17.4 Å². The average Bonchev–Trinajstić information content (AvgIpc) is 2.82. The number of hydrogen-bond donors (Lipinski definition) is 1. The lowest BCUT2D eigenvalue weighted by Gasteiger charge is -2.13. The predicted octanol–water partition coefficient (Wildman–Crippen LogP) is 3.83. The second kappa shape index (κ2) is 5.54. The number of rotatable bonds is 4. The van der Waals surface area contributed by atoms with Gasteiger partial charge in [-0.1, -0.05) is 34.4 Å². The average molecular weight is 271 g/mol. The van der Waals surface area contributed by atoms with E-state index in [1.54, 1.807) is 12.3 Å². The summed E-state index contributed by atoms with van der Waals surface area (Å²) >= 11 is 11.8. The van der Waals surface area contributed by atoms with Gasteiger partial charge in [-0.15, -0.1) is 0 Å². The van der Waals surface area contributed by atoms with Crippen molar-refractivity contribution < 1.29 is 4.52 Å². The molecular weight excluding hydrogens is 259 g/mol. The number of aromatic nitrogens is 1. The van der Waals surface area contributed by atoms with Crippen LogP contribution in [0.3, 0.4) is 0 Å². The first-order chi connectivity index (χ1) is 8.16. The quantitative estimate of drug-likeness (QED) is 0.918. The smallest absolute Gasteiger partial charge is 0.124 e. The molecule has 0 radical (unpaired) electrons. The van der Waals surface area contributed by atoms with Crippen LogP contribution in [0.4, 0.5) is 0 Å². The Kier molecular flexibility index (Phi) is 4.05. The van der Waals surface area contributed by atoms with Gasteiger partial charge in [0.15, 0.2) is 0 Å². The van der Waals surface area contributed by atoms with Crippen molar-refractivity contribution in [1.82, 2.24) is 10.5 Å². The summed E-state index contributed by atoms with van der Waals surface area (Å²) in [7, 11) is 0. The molecule has 1 unspecified atom stereocenters. The Morgan fingerprint density at radius 3 is 2.76 bits per heavy atom. The fourth-order valence-electron chi connectivity index (χ4n) is 1.49. The molecule has 1 atom stereocenters. The molecule has 0 saturated heterocycles. The highest BCUT2D eigenvalue weighted by Gasteiger charge is 2.07. The maximum absolute atomic E-state index is 5.97. The van der Waals surface area contributed by atoms with E-state index in [1.165, 1.54) is 0 Å². The molecule has 0 fully saturated rings. The molecule has 0 amide bonds. The van der Waals surface area contributed by atoms with Crippen molar-refractivity contribution in [2.24, 2.45) is 0 Å². The monoisotopic (exact) mass is 270 g/mol. The van der Waals surface area contributed by atoms with Crippen LogP contribution in [0.25, 0.3) is 0 Å². The zero-order valence-corrected chi connectivity index (χ0v) is 10.8. The van der Waals surface area contributed by atoms with Crippen LogP contribution < -0.4 is 5.32 Å². The highest BCUT2D eigenvalue weighted by atomic mass is 35.5. The lowest BCUT2D eigenvalue weighted by atomic mass is 10.1. The Hall–Kier alpha value is -1.03. The van der Waals surface area contributed by atoms with Crippen molar-refractivity contribution in [2.45, 2.75) is 19.5 Å². The number of nitrogens with zero attached hydrogens (tertiary/aromatic N) is 1. The SMILES string of the molecule is CC(NCc1ccon1)c1ccc(Cl)c(Cl)c1. The van der Waals surface area contributed by atoms with E-state index in [9.17, 15) is 0 Å².